The van der Waals surface area contributed by atoms with Crippen LogP contribution in [0, 0.1) is 3.57 Å². The summed E-state index contributed by atoms with van der Waals surface area (Å²) in [5, 5.41) is 2.29. The molecule has 15 heavy (non-hydrogen) atoms. The maximum absolute atomic E-state index is 5.71. The summed E-state index contributed by atoms with van der Waals surface area (Å²) in [4.78, 5) is 0. The third-order valence-corrected chi connectivity index (χ3v) is 3.52. The van der Waals surface area contributed by atoms with E-state index in [0.29, 0.717) is 0 Å². The summed E-state index contributed by atoms with van der Waals surface area (Å²) in [5.74, 6) is 0. The van der Waals surface area contributed by atoms with Gasteiger partial charge in [-0.1, -0.05) is 6.42 Å². The molecule has 1 aromatic rings. The second-order valence-corrected chi connectivity index (χ2v) is 5.06. The first-order chi connectivity index (χ1) is 7.25. The number of rotatable bonds is 2. The molecule has 1 aliphatic heterocycles. The minimum atomic E-state index is 0.823. The van der Waals surface area contributed by atoms with E-state index < -0.39 is 0 Å². The normalized spacial score (nSPS) is 17.7. The lowest BCUT2D eigenvalue weighted by Crippen LogP contribution is -2.35. The maximum Gasteiger partial charge on any atom is 0.0625 e. The molecule has 0 radical (unpaired) electrons. The Kier molecular flexibility index (Phi) is 3.69. The Morgan fingerprint density at radius 3 is 2.60 bits per heavy atom. The fourth-order valence-electron chi connectivity index (χ4n) is 1.80. The van der Waals surface area contributed by atoms with E-state index in [-0.39, 0.29) is 0 Å². The van der Waals surface area contributed by atoms with Gasteiger partial charge in [0.1, 0.15) is 0 Å². The molecule has 0 aromatic heterocycles. The SMILES string of the molecule is Nc1ccc(NN2CCCCC2)c(I)c1. The van der Waals surface area contributed by atoms with Crippen molar-refractivity contribution in [3.8, 4) is 0 Å². The van der Waals surface area contributed by atoms with Crippen molar-refractivity contribution in [1.29, 1.82) is 0 Å². The fraction of sp³-hybridized carbons (Fsp3) is 0.455. The molecular formula is C11H16IN3. The van der Waals surface area contributed by atoms with E-state index in [1.807, 2.05) is 18.2 Å². The van der Waals surface area contributed by atoms with Gasteiger partial charge in [0, 0.05) is 22.3 Å². The monoisotopic (exact) mass is 317 g/mol. The van der Waals surface area contributed by atoms with Crippen molar-refractivity contribution in [1.82, 2.24) is 5.01 Å². The highest BCUT2D eigenvalue weighted by Crippen LogP contribution is 2.22. The van der Waals surface area contributed by atoms with Gasteiger partial charge < -0.3 is 11.2 Å². The molecule has 1 aliphatic rings. The Labute approximate surface area is 104 Å². The molecule has 0 atom stereocenters. The quantitative estimate of drug-likeness (QED) is 0.651. The van der Waals surface area contributed by atoms with Gasteiger partial charge in [0.2, 0.25) is 0 Å². The Bertz CT molecular complexity index is 335. The van der Waals surface area contributed by atoms with Gasteiger partial charge in [-0.3, -0.25) is 0 Å². The van der Waals surface area contributed by atoms with Crippen LogP contribution in [0.4, 0.5) is 11.4 Å². The maximum atomic E-state index is 5.71. The lowest BCUT2D eigenvalue weighted by molar-refractivity contribution is 0.273. The number of hydrogen-bond acceptors (Lipinski definition) is 3. The van der Waals surface area contributed by atoms with Crippen molar-refractivity contribution < 1.29 is 0 Å². The Hall–Kier alpha value is -0.490. The van der Waals surface area contributed by atoms with Crippen LogP contribution < -0.4 is 11.2 Å². The first kappa shape index (κ1) is 11.0. The summed E-state index contributed by atoms with van der Waals surface area (Å²) in [6.45, 7) is 2.28. The summed E-state index contributed by atoms with van der Waals surface area (Å²) in [5.41, 5.74) is 11.1. The molecule has 1 heterocycles. The molecule has 0 bridgehead atoms. The van der Waals surface area contributed by atoms with Crippen molar-refractivity contribution in [3.05, 3.63) is 21.8 Å². The highest BCUT2D eigenvalue weighted by molar-refractivity contribution is 14.1. The van der Waals surface area contributed by atoms with Gasteiger partial charge in [-0.2, -0.15) is 0 Å². The highest BCUT2D eigenvalue weighted by Gasteiger charge is 2.10. The first-order valence-corrected chi connectivity index (χ1v) is 6.40. The minimum absolute atomic E-state index is 0.823. The first-order valence-electron chi connectivity index (χ1n) is 5.32. The Morgan fingerprint density at radius 2 is 1.93 bits per heavy atom. The van der Waals surface area contributed by atoms with Crippen molar-refractivity contribution in [2.45, 2.75) is 19.3 Å². The van der Waals surface area contributed by atoms with Gasteiger partial charge in [-0.05, 0) is 53.6 Å². The molecule has 3 N–H and O–H groups in total. The fourth-order valence-corrected chi connectivity index (χ4v) is 2.46. The summed E-state index contributed by atoms with van der Waals surface area (Å²) in [6.07, 6.45) is 3.94. The van der Waals surface area contributed by atoms with Crippen LogP contribution in [0.2, 0.25) is 0 Å². The number of nitrogens with one attached hydrogen (secondary N) is 1. The second kappa shape index (κ2) is 5.03. The number of nitrogens with zero attached hydrogens (tertiary/aromatic N) is 1. The van der Waals surface area contributed by atoms with E-state index in [9.17, 15) is 0 Å². The van der Waals surface area contributed by atoms with E-state index in [0.717, 1.165) is 24.5 Å². The summed E-state index contributed by atoms with van der Waals surface area (Å²) < 4.78 is 1.18. The average Bonchev–Trinajstić information content (AvgIpc) is 2.24. The molecular weight excluding hydrogens is 301 g/mol. The molecule has 82 valence electrons. The molecule has 0 aliphatic carbocycles. The number of hydrogen-bond donors (Lipinski definition) is 2. The third kappa shape index (κ3) is 2.98. The highest BCUT2D eigenvalue weighted by atomic mass is 127. The van der Waals surface area contributed by atoms with Crippen LogP contribution in [0.15, 0.2) is 18.2 Å². The molecule has 3 nitrogen and oxygen atoms in total. The van der Waals surface area contributed by atoms with Crippen LogP contribution in [-0.4, -0.2) is 18.1 Å². The summed E-state index contributed by atoms with van der Waals surface area (Å²) in [6, 6.07) is 5.98. The zero-order chi connectivity index (χ0) is 10.7. The molecule has 1 aromatic carbocycles. The smallest absolute Gasteiger partial charge is 0.0625 e. The Balaban J connectivity index is 2.03. The number of hydrazine groups is 1. The molecule has 1 saturated heterocycles. The van der Waals surface area contributed by atoms with Crippen LogP contribution in [0.25, 0.3) is 0 Å². The van der Waals surface area contributed by atoms with Gasteiger partial charge in [0.15, 0.2) is 0 Å². The molecule has 0 amide bonds. The van der Waals surface area contributed by atoms with Crippen molar-refractivity contribution in [2.75, 3.05) is 24.2 Å². The number of piperidine rings is 1. The Morgan fingerprint density at radius 1 is 1.20 bits per heavy atom. The van der Waals surface area contributed by atoms with E-state index in [4.69, 9.17) is 5.73 Å². The van der Waals surface area contributed by atoms with E-state index >= 15 is 0 Å². The number of halogens is 1. The summed E-state index contributed by atoms with van der Waals surface area (Å²) in [7, 11) is 0. The van der Waals surface area contributed by atoms with Gasteiger partial charge in [-0.15, -0.1) is 0 Å². The van der Waals surface area contributed by atoms with Crippen molar-refractivity contribution in [3.63, 3.8) is 0 Å². The van der Waals surface area contributed by atoms with E-state index in [2.05, 4.69) is 33.0 Å². The topological polar surface area (TPSA) is 41.3 Å². The molecule has 4 heteroatoms. The largest absolute Gasteiger partial charge is 0.399 e. The van der Waals surface area contributed by atoms with E-state index in [1.165, 1.54) is 22.8 Å². The zero-order valence-corrected chi connectivity index (χ0v) is 10.8. The van der Waals surface area contributed by atoms with Crippen LogP contribution in [0.5, 0.6) is 0 Å². The van der Waals surface area contributed by atoms with Gasteiger partial charge in [-0.25, -0.2) is 5.01 Å². The van der Waals surface area contributed by atoms with Crippen molar-refractivity contribution >= 4 is 34.0 Å². The third-order valence-electron chi connectivity index (χ3n) is 2.63. The van der Waals surface area contributed by atoms with Gasteiger partial charge in [0.05, 0.1) is 5.69 Å². The lowest BCUT2D eigenvalue weighted by Gasteiger charge is -2.28. The number of nitrogens with two attached hydrogens (primary N) is 1. The summed E-state index contributed by atoms with van der Waals surface area (Å²) >= 11 is 2.31. The average molecular weight is 317 g/mol. The number of nitrogen functional groups attached to an aromatic ring is 1. The molecule has 1 fully saturated rings. The molecule has 0 spiro atoms. The minimum Gasteiger partial charge on any atom is -0.399 e. The van der Waals surface area contributed by atoms with Crippen molar-refractivity contribution in [2.24, 2.45) is 0 Å². The van der Waals surface area contributed by atoms with Crippen LogP contribution in [-0.2, 0) is 0 Å². The number of benzene rings is 1. The predicted molar refractivity (Wildman–Crippen MR) is 72.6 cm³/mol. The lowest BCUT2D eigenvalue weighted by atomic mass is 10.2. The predicted octanol–water partition coefficient (Wildman–Crippen LogP) is 2.69. The van der Waals surface area contributed by atoms with Gasteiger partial charge in [0.25, 0.3) is 0 Å². The zero-order valence-electron chi connectivity index (χ0n) is 8.67. The second-order valence-electron chi connectivity index (χ2n) is 3.90. The molecule has 0 unspecified atom stereocenters. The van der Waals surface area contributed by atoms with Crippen LogP contribution in [0.3, 0.4) is 0 Å². The van der Waals surface area contributed by atoms with Crippen LogP contribution in [0.1, 0.15) is 19.3 Å². The molecule has 0 saturated carbocycles. The van der Waals surface area contributed by atoms with E-state index in [1.54, 1.807) is 0 Å². The van der Waals surface area contributed by atoms with Crippen LogP contribution >= 0.6 is 22.6 Å². The standard InChI is InChI=1S/C11H16IN3/c12-10-8-9(13)4-5-11(10)14-15-6-2-1-3-7-15/h4-5,8,14H,1-3,6-7,13H2. The van der Waals surface area contributed by atoms with Gasteiger partial charge >= 0.3 is 0 Å². The molecule has 2 rings (SSSR count). The number of anilines is 2.